The standard InChI is InChI=1S/C11H13BrClNO2/c12-10-3-1-9(2-4-10)11(15)14-6-8-16-7-5-13/h1-4H,5-8H2,(H,14,15). The van der Waals surface area contributed by atoms with Crippen molar-refractivity contribution in [1.29, 1.82) is 0 Å². The Morgan fingerprint density at radius 1 is 1.31 bits per heavy atom. The summed E-state index contributed by atoms with van der Waals surface area (Å²) in [5, 5.41) is 2.75. The molecule has 1 rings (SSSR count). The van der Waals surface area contributed by atoms with Gasteiger partial charge >= 0.3 is 0 Å². The number of rotatable bonds is 6. The first-order chi connectivity index (χ1) is 7.74. The molecule has 1 amide bonds. The second-order valence-corrected chi connectivity index (χ2v) is 4.36. The molecule has 0 fully saturated rings. The van der Waals surface area contributed by atoms with E-state index in [0.29, 0.717) is 31.2 Å². The van der Waals surface area contributed by atoms with Crippen molar-refractivity contribution in [3.05, 3.63) is 34.3 Å². The van der Waals surface area contributed by atoms with E-state index < -0.39 is 0 Å². The minimum Gasteiger partial charge on any atom is -0.378 e. The Morgan fingerprint density at radius 2 is 2.00 bits per heavy atom. The number of ether oxygens (including phenoxy) is 1. The highest BCUT2D eigenvalue weighted by Crippen LogP contribution is 2.10. The second kappa shape index (κ2) is 7.65. The molecule has 0 saturated carbocycles. The van der Waals surface area contributed by atoms with Crippen LogP contribution in [-0.4, -0.2) is 31.5 Å². The van der Waals surface area contributed by atoms with E-state index in [-0.39, 0.29) is 5.91 Å². The van der Waals surface area contributed by atoms with E-state index in [1.807, 2.05) is 12.1 Å². The summed E-state index contributed by atoms with van der Waals surface area (Å²) in [5.41, 5.74) is 0.639. The van der Waals surface area contributed by atoms with Gasteiger partial charge in [-0.2, -0.15) is 0 Å². The highest BCUT2D eigenvalue weighted by Gasteiger charge is 2.03. The van der Waals surface area contributed by atoms with Gasteiger partial charge in [0.2, 0.25) is 0 Å². The molecule has 0 bridgehead atoms. The van der Waals surface area contributed by atoms with Crippen LogP contribution >= 0.6 is 27.5 Å². The van der Waals surface area contributed by atoms with E-state index in [1.165, 1.54) is 0 Å². The quantitative estimate of drug-likeness (QED) is 0.647. The minimum absolute atomic E-state index is 0.0954. The van der Waals surface area contributed by atoms with Crippen LogP contribution in [0.1, 0.15) is 10.4 Å². The van der Waals surface area contributed by atoms with Gasteiger partial charge in [-0.05, 0) is 24.3 Å². The highest BCUT2D eigenvalue weighted by atomic mass is 79.9. The van der Waals surface area contributed by atoms with Gasteiger partial charge in [-0.25, -0.2) is 0 Å². The van der Waals surface area contributed by atoms with Crippen molar-refractivity contribution in [3.63, 3.8) is 0 Å². The van der Waals surface area contributed by atoms with Crippen molar-refractivity contribution in [2.75, 3.05) is 25.6 Å². The number of hydrogen-bond donors (Lipinski definition) is 1. The van der Waals surface area contributed by atoms with Crippen molar-refractivity contribution in [2.24, 2.45) is 0 Å². The SMILES string of the molecule is O=C(NCCOCCCl)c1ccc(Br)cc1. The number of benzene rings is 1. The molecular weight excluding hydrogens is 293 g/mol. The number of halogens is 2. The molecule has 0 atom stereocenters. The Hall–Kier alpha value is -0.580. The van der Waals surface area contributed by atoms with E-state index in [9.17, 15) is 4.79 Å². The minimum atomic E-state index is -0.0954. The van der Waals surface area contributed by atoms with Crippen LogP contribution in [0, 0.1) is 0 Å². The van der Waals surface area contributed by atoms with Gasteiger partial charge in [0.1, 0.15) is 0 Å². The molecule has 0 heterocycles. The molecule has 3 nitrogen and oxygen atoms in total. The van der Waals surface area contributed by atoms with Gasteiger partial charge in [0.25, 0.3) is 5.91 Å². The lowest BCUT2D eigenvalue weighted by molar-refractivity contribution is 0.0923. The number of carbonyl (C=O) groups is 1. The van der Waals surface area contributed by atoms with Crippen LogP contribution in [0.4, 0.5) is 0 Å². The van der Waals surface area contributed by atoms with Gasteiger partial charge in [0, 0.05) is 22.5 Å². The molecule has 0 spiro atoms. The maximum Gasteiger partial charge on any atom is 0.251 e. The molecule has 16 heavy (non-hydrogen) atoms. The summed E-state index contributed by atoms with van der Waals surface area (Å²) in [4.78, 5) is 11.6. The summed E-state index contributed by atoms with van der Waals surface area (Å²) in [6, 6.07) is 7.19. The third-order valence-corrected chi connectivity index (χ3v) is 2.54. The molecular formula is C11H13BrClNO2. The zero-order valence-corrected chi connectivity index (χ0v) is 11.1. The van der Waals surface area contributed by atoms with Crippen molar-refractivity contribution < 1.29 is 9.53 Å². The summed E-state index contributed by atoms with van der Waals surface area (Å²) in [7, 11) is 0. The number of hydrogen-bond acceptors (Lipinski definition) is 2. The average molecular weight is 307 g/mol. The second-order valence-electron chi connectivity index (χ2n) is 3.06. The first-order valence-electron chi connectivity index (χ1n) is 4.91. The van der Waals surface area contributed by atoms with Crippen LogP contribution in [0.5, 0.6) is 0 Å². The predicted molar refractivity (Wildman–Crippen MR) is 68.0 cm³/mol. The molecule has 1 aromatic rings. The molecule has 0 unspecified atom stereocenters. The molecule has 0 aliphatic carbocycles. The zero-order chi connectivity index (χ0) is 11.8. The fourth-order valence-electron chi connectivity index (χ4n) is 1.10. The van der Waals surface area contributed by atoms with Crippen LogP contribution in [0.3, 0.4) is 0 Å². The summed E-state index contributed by atoms with van der Waals surface area (Å²) < 4.78 is 6.09. The van der Waals surface area contributed by atoms with E-state index in [1.54, 1.807) is 12.1 Å². The van der Waals surface area contributed by atoms with E-state index in [4.69, 9.17) is 16.3 Å². The van der Waals surface area contributed by atoms with E-state index >= 15 is 0 Å². The molecule has 1 N–H and O–H groups in total. The maximum atomic E-state index is 11.6. The molecule has 88 valence electrons. The van der Waals surface area contributed by atoms with Crippen LogP contribution in [-0.2, 0) is 4.74 Å². The van der Waals surface area contributed by atoms with Gasteiger partial charge in [0.15, 0.2) is 0 Å². The van der Waals surface area contributed by atoms with Crippen molar-refractivity contribution in [1.82, 2.24) is 5.32 Å². The van der Waals surface area contributed by atoms with Crippen LogP contribution in [0.2, 0.25) is 0 Å². The normalized spacial score (nSPS) is 10.1. The third kappa shape index (κ3) is 4.96. The van der Waals surface area contributed by atoms with E-state index in [2.05, 4.69) is 21.2 Å². The third-order valence-electron chi connectivity index (χ3n) is 1.86. The Morgan fingerprint density at radius 3 is 2.62 bits per heavy atom. The van der Waals surface area contributed by atoms with Crippen molar-refractivity contribution >= 4 is 33.4 Å². The summed E-state index contributed by atoms with van der Waals surface area (Å²) in [6.45, 7) is 1.48. The van der Waals surface area contributed by atoms with Crippen molar-refractivity contribution in [2.45, 2.75) is 0 Å². The first kappa shape index (κ1) is 13.5. The Balaban J connectivity index is 2.27. The van der Waals surface area contributed by atoms with Crippen LogP contribution in [0.25, 0.3) is 0 Å². The van der Waals surface area contributed by atoms with Crippen molar-refractivity contribution in [3.8, 4) is 0 Å². The smallest absolute Gasteiger partial charge is 0.251 e. The zero-order valence-electron chi connectivity index (χ0n) is 8.71. The lowest BCUT2D eigenvalue weighted by Gasteiger charge is -2.05. The number of nitrogens with one attached hydrogen (secondary N) is 1. The maximum absolute atomic E-state index is 11.6. The molecule has 0 saturated heterocycles. The molecule has 1 aromatic carbocycles. The lowest BCUT2D eigenvalue weighted by Crippen LogP contribution is -2.27. The monoisotopic (exact) mass is 305 g/mol. The molecule has 0 aromatic heterocycles. The highest BCUT2D eigenvalue weighted by molar-refractivity contribution is 9.10. The van der Waals surface area contributed by atoms with Gasteiger partial charge in [-0.3, -0.25) is 4.79 Å². The topological polar surface area (TPSA) is 38.3 Å². The molecule has 0 radical (unpaired) electrons. The van der Waals surface area contributed by atoms with Gasteiger partial charge in [-0.1, -0.05) is 15.9 Å². The largest absolute Gasteiger partial charge is 0.378 e. The molecule has 0 aliphatic heterocycles. The van der Waals surface area contributed by atoms with E-state index in [0.717, 1.165) is 4.47 Å². The Bertz CT molecular complexity index is 329. The average Bonchev–Trinajstić information content (AvgIpc) is 2.29. The Labute approximate surface area is 108 Å². The molecule has 5 heteroatoms. The molecule has 0 aliphatic rings. The summed E-state index contributed by atoms with van der Waals surface area (Å²) in [6.07, 6.45) is 0. The predicted octanol–water partition coefficient (Wildman–Crippen LogP) is 2.43. The summed E-state index contributed by atoms with van der Waals surface area (Å²) in [5.74, 6) is 0.377. The lowest BCUT2D eigenvalue weighted by atomic mass is 10.2. The van der Waals surface area contributed by atoms with Crippen LogP contribution < -0.4 is 5.32 Å². The van der Waals surface area contributed by atoms with Crippen LogP contribution in [0.15, 0.2) is 28.7 Å². The number of alkyl halides is 1. The van der Waals surface area contributed by atoms with Gasteiger partial charge in [-0.15, -0.1) is 11.6 Å². The number of amides is 1. The summed E-state index contributed by atoms with van der Waals surface area (Å²) >= 11 is 8.75. The first-order valence-corrected chi connectivity index (χ1v) is 6.24. The number of carbonyl (C=O) groups excluding carboxylic acids is 1. The van der Waals surface area contributed by atoms with Gasteiger partial charge < -0.3 is 10.1 Å². The fourth-order valence-corrected chi connectivity index (χ4v) is 1.47. The Kier molecular flexibility index (Phi) is 6.45. The van der Waals surface area contributed by atoms with Gasteiger partial charge in [0.05, 0.1) is 13.2 Å². The fraction of sp³-hybridized carbons (Fsp3) is 0.364.